The number of anilines is 1. The van der Waals surface area contributed by atoms with Crippen molar-refractivity contribution in [1.29, 1.82) is 0 Å². The van der Waals surface area contributed by atoms with Gasteiger partial charge >= 0.3 is 6.18 Å². The first-order chi connectivity index (χ1) is 13.5. The van der Waals surface area contributed by atoms with Gasteiger partial charge in [0.15, 0.2) is 0 Å². The molecule has 0 aromatic carbocycles. The Kier molecular flexibility index (Phi) is 3.65. The Balaban J connectivity index is 1.69. The lowest BCUT2D eigenvalue weighted by Crippen LogP contribution is -2.37. The van der Waals surface area contributed by atoms with E-state index in [4.69, 9.17) is 0 Å². The molecule has 0 aliphatic carbocycles. The van der Waals surface area contributed by atoms with Crippen LogP contribution in [0.4, 0.5) is 19.0 Å². The van der Waals surface area contributed by atoms with Gasteiger partial charge in [0, 0.05) is 31.1 Å². The first-order valence-corrected chi connectivity index (χ1v) is 8.77. The second kappa shape index (κ2) is 6.08. The van der Waals surface area contributed by atoms with Crippen molar-refractivity contribution in [2.45, 2.75) is 18.6 Å². The number of alkyl halides is 3. The molecule has 142 valence electrons. The molecule has 1 aliphatic heterocycles. The maximum atomic E-state index is 13.4. The number of H-pyrrole nitrogens is 1. The third kappa shape index (κ3) is 2.62. The van der Waals surface area contributed by atoms with Crippen molar-refractivity contribution in [3.05, 3.63) is 77.8 Å². The molecule has 0 bridgehead atoms. The first-order valence-electron chi connectivity index (χ1n) is 8.77. The number of imidazole rings is 1. The van der Waals surface area contributed by atoms with Crippen molar-refractivity contribution in [3.63, 3.8) is 0 Å². The standard InChI is InChI=1S/C19H15F3N6/c20-19(21,22)12-4-3-8-28-15(12)10-14(26-28)18-17-13(24-11-25-17)6-9-27(18)16-5-1-2-7-23-16/h1-5,7-8,10-11,18H,6,9H2,(H,24,25)/t18-/m0/s1. The molecule has 0 amide bonds. The predicted octanol–water partition coefficient (Wildman–Crippen LogP) is 3.62. The summed E-state index contributed by atoms with van der Waals surface area (Å²) >= 11 is 0. The molecule has 1 N–H and O–H groups in total. The summed E-state index contributed by atoms with van der Waals surface area (Å²) in [4.78, 5) is 14.0. The van der Waals surface area contributed by atoms with E-state index in [1.807, 2.05) is 23.1 Å². The normalized spacial score (nSPS) is 17.1. The van der Waals surface area contributed by atoms with Crippen molar-refractivity contribution in [2.75, 3.05) is 11.4 Å². The van der Waals surface area contributed by atoms with E-state index < -0.39 is 17.8 Å². The average Bonchev–Trinajstić information content (AvgIpc) is 3.33. The summed E-state index contributed by atoms with van der Waals surface area (Å²) < 4.78 is 41.5. The van der Waals surface area contributed by atoms with Gasteiger partial charge in [0.25, 0.3) is 0 Å². The van der Waals surface area contributed by atoms with Crippen molar-refractivity contribution < 1.29 is 13.2 Å². The molecule has 1 aliphatic rings. The van der Waals surface area contributed by atoms with Gasteiger partial charge in [-0.05, 0) is 30.3 Å². The van der Waals surface area contributed by atoms with Crippen molar-refractivity contribution in [2.24, 2.45) is 0 Å². The zero-order chi connectivity index (χ0) is 19.3. The molecule has 28 heavy (non-hydrogen) atoms. The molecule has 0 saturated heterocycles. The van der Waals surface area contributed by atoms with Gasteiger partial charge in [0.1, 0.15) is 11.9 Å². The molecule has 4 aromatic heterocycles. The molecule has 9 heteroatoms. The maximum Gasteiger partial charge on any atom is 0.418 e. The molecule has 0 unspecified atom stereocenters. The van der Waals surface area contributed by atoms with Crippen LogP contribution in [0.2, 0.25) is 0 Å². The Morgan fingerprint density at radius 2 is 2.00 bits per heavy atom. The molecule has 6 nitrogen and oxygen atoms in total. The van der Waals surface area contributed by atoms with Gasteiger partial charge in [-0.15, -0.1) is 0 Å². The number of nitrogens with one attached hydrogen (secondary N) is 1. The fourth-order valence-electron chi connectivity index (χ4n) is 3.75. The van der Waals surface area contributed by atoms with E-state index in [0.717, 1.165) is 29.7 Å². The number of pyridine rings is 2. The summed E-state index contributed by atoms with van der Waals surface area (Å²) in [6, 6.07) is 9.07. The summed E-state index contributed by atoms with van der Waals surface area (Å²) in [6.07, 6.45) is 1.11. The van der Waals surface area contributed by atoms with E-state index in [1.165, 1.54) is 22.8 Å². The Morgan fingerprint density at radius 3 is 2.79 bits per heavy atom. The molecular weight excluding hydrogens is 369 g/mol. The molecule has 0 spiro atoms. The number of hydrogen-bond donors (Lipinski definition) is 1. The third-order valence-electron chi connectivity index (χ3n) is 4.97. The number of aromatic nitrogens is 5. The Labute approximate surface area is 157 Å². The smallest absolute Gasteiger partial charge is 0.348 e. The van der Waals surface area contributed by atoms with Crippen LogP contribution in [-0.2, 0) is 12.6 Å². The first kappa shape index (κ1) is 16.8. The van der Waals surface area contributed by atoms with Gasteiger partial charge in [0.2, 0.25) is 0 Å². The highest BCUT2D eigenvalue weighted by molar-refractivity contribution is 5.59. The zero-order valence-electron chi connectivity index (χ0n) is 14.6. The molecule has 0 saturated carbocycles. The summed E-state index contributed by atoms with van der Waals surface area (Å²) in [5.74, 6) is 0.731. The number of halogens is 3. The number of rotatable bonds is 2. The van der Waals surface area contributed by atoms with Crippen LogP contribution in [0.15, 0.2) is 55.1 Å². The fourth-order valence-corrected chi connectivity index (χ4v) is 3.75. The summed E-state index contributed by atoms with van der Waals surface area (Å²) in [7, 11) is 0. The average molecular weight is 384 g/mol. The second-order valence-electron chi connectivity index (χ2n) is 6.62. The van der Waals surface area contributed by atoms with Crippen LogP contribution in [0, 0.1) is 0 Å². The second-order valence-corrected chi connectivity index (χ2v) is 6.62. The Morgan fingerprint density at radius 1 is 1.11 bits per heavy atom. The third-order valence-corrected chi connectivity index (χ3v) is 4.97. The van der Waals surface area contributed by atoms with E-state index in [1.54, 1.807) is 12.5 Å². The van der Waals surface area contributed by atoms with Crippen molar-refractivity contribution in [1.82, 2.24) is 24.6 Å². The van der Waals surface area contributed by atoms with E-state index in [2.05, 4.69) is 20.1 Å². The zero-order valence-corrected chi connectivity index (χ0v) is 14.6. The van der Waals surface area contributed by atoms with E-state index in [0.29, 0.717) is 12.2 Å². The highest BCUT2D eigenvalue weighted by Crippen LogP contribution is 2.38. The number of aromatic amines is 1. The van der Waals surface area contributed by atoms with E-state index in [-0.39, 0.29) is 5.52 Å². The van der Waals surface area contributed by atoms with Gasteiger partial charge in [-0.2, -0.15) is 18.3 Å². The van der Waals surface area contributed by atoms with Crippen LogP contribution < -0.4 is 4.90 Å². The van der Waals surface area contributed by atoms with Crippen LogP contribution in [0.1, 0.15) is 28.7 Å². The molecule has 0 radical (unpaired) electrons. The van der Waals surface area contributed by atoms with Gasteiger partial charge in [0.05, 0.1) is 28.8 Å². The van der Waals surface area contributed by atoms with Crippen LogP contribution in [0.25, 0.3) is 5.52 Å². The minimum atomic E-state index is -4.45. The van der Waals surface area contributed by atoms with Gasteiger partial charge in [-0.3, -0.25) is 0 Å². The van der Waals surface area contributed by atoms with Crippen LogP contribution in [0.5, 0.6) is 0 Å². The minimum absolute atomic E-state index is 0.0219. The van der Waals surface area contributed by atoms with Gasteiger partial charge < -0.3 is 9.88 Å². The van der Waals surface area contributed by atoms with Crippen LogP contribution >= 0.6 is 0 Å². The molecule has 0 fully saturated rings. The topological polar surface area (TPSA) is 62.1 Å². The van der Waals surface area contributed by atoms with E-state index >= 15 is 0 Å². The Bertz CT molecular complexity index is 1130. The highest BCUT2D eigenvalue weighted by atomic mass is 19.4. The molecule has 5 rings (SSSR count). The minimum Gasteiger partial charge on any atom is -0.348 e. The van der Waals surface area contributed by atoms with Crippen molar-refractivity contribution >= 4 is 11.3 Å². The van der Waals surface area contributed by atoms with Crippen molar-refractivity contribution in [3.8, 4) is 0 Å². The van der Waals surface area contributed by atoms with Crippen LogP contribution in [-0.4, -0.2) is 31.1 Å². The number of nitrogens with zero attached hydrogens (tertiary/aromatic N) is 5. The van der Waals surface area contributed by atoms with E-state index in [9.17, 15) is 13.2 Å². The Hall–Kier alpha value is -3.36. The number of fused-ring (bicyclic) bond motifs is 2. The van der Waals surface area contributed by atoms with Gasteiger partial charge in [-0.25, -0.2) is 14.5 Å². The summed E-state index contributed by atoms with van der Waals surface area (Å²) in [5, 5.41) is 4.46. The molecule has 1 atom stereocenters. The number of hydrogen-bond acceptors (Lipinski definition) is 4. The SMILES string of the molecule is FC(F)(F)c1cccn2nc([C@H]3c4nc[nH]c4CCN3c3ccccn3)cc12. The molecule has 4 aromatic rings. The quantitative estimate of drug-likeness (QED) is 0.573. The fraction of sp³-hybridized carbons (Fsp3) is 0.211. The lowest BCUT2D eigenvalue weighted by Gasteiger charge is -2.34. The van der Waals surface area contributed by atoms with Gasteiger partial charge in [-0.1, -0.05) is 6.07 Å². The highest BCUT2D eigenvalue weighted by Gasteiger charge is 2.36. The lowest BCUT2D eigenvalue weighted by atomic mass is 9.99. The monoisotopic (exact) mass is 384 g/mol. The largest absolute Gasteiger partial charge is 0.418 e. The molecular formula is C19H15F3N6. The maximum absolute atomic E-state index is 13.4. The summed E-state index contributed by atoms with van der Waals surface area (Å²) in [6.45, 7) is 0.650. The predicted molar refractivity (Wildman–Crippen MR) is 95.9 cm³/mol. The lowest BCUT2D eigenvalue weighted by molar-refractivity contribution is -0.136. The summed E-state index contributed by atoms with van der Waals surface area (Å²) in [5.41, 5.74) is 1.53. The molecule has 5 heterocycles. The van der Waals surface area contributed by atoms with Crippen LogP contribution in [0.3, 0.4) is 0 Å².